The summed E-state index contributed by atoms with van der Waals surface area (Å²) in [7, 11) is -2.36. The van der Waals surface area contributed by atoms with Crippen LogP contribution in [0, 0.1) is 6.92 Å². The molecular weight excluding hydrogens is 497 g/mol. The fourth-order valence-corrected chi connectivity index (χ4v) is 4.57. The molecule has 0 aromatic heterocycles. The lowest BCUT2D eigenvalue weighted by Crippen LogP contribution is -2.50. The predicted octanol–water partition coefficient (Wildman–Crippen LogP) is 3.88. The van der Waals surface area contributed by atoms with Gasteiger partial charge in [0.05, 0.1) is 22.0 Å². The monoisotopic (exact) mass is 519 g/mol. The van der Waals surface area contributed by atoms with E-state index in [2.05, 4.69) is 5.32 Å². The summed E-state index contributed by atoms with van der Waals surface area (Å²) in [6.45, 7) is 2.79. The number of sulfonamides is 1. The lowest BCUT2D eigenvalue weighted by molar-refractivity contribution is -0.139. The molecule has 0 fully saturated rings. The van der Waals surface area contributed by atoms with Crippen molar-refractivity contribution in [2.24, 2.45) is 0 Å². The van der Waals surface area contributed by atoms with Crippen LogP contribution in [0.2, 0.25) is 15.1 Å². The molecule has 0 saturated heterocycles. The molecule has 0 bridgehead atoms. The van der Waals surface area contributed by atoms with Crippen LogP contribution in [0.3, 0.4) is 0 Å². The summed E-state index contributed by atoms with van der Waals surface area (Å²) in [5.41, 5.74) is 1.55. The predicted molar refractivity (Wildman–Crippen MR) is 129 cm³/mol. The van der Waals surface area contributed by atoms with Crippen LogP contribution in [0.4, 0.5) is 5.69 Å². The number of nitrogens with zero attached hydrogens (tertiary/aromatic N) is 2. The van der Waals surface area contributed by atoms with Crippen molar-refractivity contribution in [3.63, 3.8) is 0 Å². The summed E-state index contributed by atoms with van der Waals surface area (Å²) in [4.78, 5) is 26.9. The largest absolute Gasteiger partial charge is 0.357 e. The van der Waals surface area contributed by atoms with Crippen molar-refractivity contribution >= 4 is 62.3 Å². The molecule has 0 radical (unpaired) electrons. The van der Waals surface area contributed by atoms with Gasteiger partial charge < -0.3 is 10.2 Å². The van der Waals surface area contributed by atoms with Gasteiger partial charge in [-0.25, -0.2) is 8.42 Å². The zero-order chi connectivity index (χ0) is 24.2. The van der Waals surface area contributed by atoms with E-state index >= 15 is 0 Å². The third-order valence-corrected chi connectivity index (χ3v) is 6.96. The van der Waals surface area contributed by atoms with Gasteiger partial charge in [-0.1, -0.05) is 40.9 Å². The molecule has 2 aromatic rings. The quantitative estimate of drug-likeness (QED) is 0.572. The van der Waals surface area contributed by atoms with E-state index in [9.17, 15) is 18.0 Å². The highest BCUT2D eigenvalue weighted by atomic mass is 35.5. The van der Waals surface area contributed by atoms with Crippen LogP contribution in [0.5, 0.6) is 0 Å². The molecule has 0 heterocycles. The van der Waals surface area contributed by atoms with Gasteiger partial charge >= 0.3 is 0 Å². The summed E-state index contributed by atoms with van der Waals surface area (Å²) < 4.78 is 26.1. The van der Waals surface area contributed by atoms with Crippen molar-refractivity contribution in [3.8, 4) is 0 Å². The summed E-state index contributed by atoms with van der Waals surface area (Å²) in [5.74, 6) is -0.959. The third kappa shape index (κ3) is 6.51. The number of rotatable bonds is 8. The van der Waals surface area contributed by atoms with Crippen molar-refractivity contribution < 1.29 is 18.0 Å². The zero-order valence-electron chi connectivity index (χ0n) is 18.0. The molecule has 2 aromatic carbocycles. The molecule has 0 unspecified atom stereocenters. The van der Waals surface area contributed by atoms with Crippen LogP contribution in [-0.4, -0.2) is 51.0 Å². The molecule has 1 atom stereocenters. The number of hydrogen-bond acceptors (Lipinski definition) is 4. The Labute approximate surface area is 203 Å². The standard InChI is InChI=1S/C21H24Cl3N3O4S/c1-13-9-16(22)6-8-19(13)27(32(4,30)31)12-20(28)26(14(2)21(29)25-3)11-15-5-7-17(23)18(24)10-15/h5-10,14H,11-12H2,1-4H3,(H,25,29)/t14-/m1/s1. The Kier molecular flexibility index (Phi) is 8.82. The fraction of sp³-hybridized carbons (Fsp3) is 0.333. The highest BCUT2D eigenvalue weighted by Gasteiger charge is 2.30. The van der Waals surface area contributed by atoms with Gasteiger partial charge in [0.2, 0.25) is 21.8 Å². The molecule has 174 valence electrons. The van der Waals surface area contributed by atoms with Crippen LogP contribution in [0.1, 0.15) is 18.1 Å². The Morgan fingerprint density at radius 2 is 1.72 bits per heavy atom. The zero-order valence-corrected chi connectivity index (χ0v) is 21.1. The van der Waals surface area contributed by atoms with Crippen LogP contribution >= 0.6 is 34.8 Å². The van der Waals surface area contributed by atoms with E-state index in [1.165, 1.54) is 18.0 Å². The molecule has 2 rings (SSSR count). The van der Waals surface area contributed by atoms with E-state index in [4.69, 9.17) is 34.8 Å². The molecular formula is C21H24Cl3N3O4S. The minimum absolute atomic E-state index is 0.0293. The number of hydrogen-bond donors (Lipinski definition) is 1. The third-order valence-electron chi connectivity index (χ3n) is 4.86. The molecule has 2 amide bonds. The van der Waals surface area contributed by atoms with Gasteiger partial charge in [0.25, 0.3) is 0 Å². The lowest BCUT2D eigenvalue weighted by atomic mass is 10.1. The normalized spacial score (nSPS) is 12.2. The van der Waals surface area contributed by atoms with E-state index < -0.39 is 34.4 Å². The van der Waals surface area contributed by atoms with Crippen LogP contribution < -0.4 is 9.62 Å². The van der Waals surface area contributed by atoms with Crippen LogP contribution in [0.25, 0.3) is 0 Å². The number of carbonyl (C=O) groups excluding carboxylic acids is 2. The van der Waals surface area contributed by atoms with Crippen molar-refractivity contribution in [1.82, 2.24) is 10.2 Å². The van der Waals surface area contributed by atoms with Gasteiger partial charge in [-0.2, -0.15) is 0 Å². The second-order valence-electron chi connectivity index (χ2n) is 7.26. The first-order valence-corrected chi connectivity index (χ1v) is 12.5. The molecule has 0 aliphatic rings. The number of benzene rings is 2. The van der Waals surface area contributed by atoms with E-state index in [0.29, 0.717) is 31.9 Å². The summed E-state index contributed by atoms with van der Waals surface area (Å²) in [6.07, 6.45) is 1.01. The molecule has 0 spiro atoms. The Hall–Kier alpha value is -2.00. The van der Waals surface area contributed by atoms with Crippen molar-refractivity contribution in [2.45, 2.75) is 26.4 Å². The van der Waals surface area contributed by atoms with Gasteiger partial charge in [0.15, 0.2) is 0 Å². The second kappa shape index (κ2) is 10.7. The van der Waals surface area contributed by atoms with Gasteiger partial charge in [-0.3, -0.25) is 13.9 Å². The molecule has 1 N–H and O–H groups in total. The first-order valence-electron chi connectivity index (χ1n) is 9.54. The van der Waals surface area contributed by atoms with Crippen molar-refractivity contribution in [3.05, 3.63) is 62.6 Å². The molecule has 0 saturated carbocycles. The topological polar surface area (TPSA) is 86.8 Å². The van der Waals surface area contributed by atoms with E-state index in [0.717, 1.165) is 10.6 Å². The summed E-state index contributed by atoms with van der Waals surface area (Å²) in [5, 5.41) is 3.62. The highest BCUT2D eigenvalue weighted by Crippen LogP contribution is 2.27. The molecule has 0 aliphatic carbocycles. The Morgan fingerprint density at radius 1 is 1.06 bits per heavy atom. The van der Waals surface area contributed by atoms with Crippen LogP contribution in [-0.2, 0) is 26.2 Å². The highest BCUT2D eigenvalue weighted by molar-refractivity contribution is 7.92. The summed E-state index contributed by atoms with van der Waals surface area (Å²) in [6, 6.07) is 8.70. The minimum Gasteiger partial charge on any atom is -0.357 e. The Balaban J connectivity index is 2.43. The van der Waals surface area contributed by atoms with Gasteiger partial charge in [-0.15, -0.1) is 0 Å². The number of carbonyl (C=O) groups is 2. The summed E-state index contributed by atoms with van der Waals surface area (Å²) >= 11 is 18.0. The number of anilines is 1. The first kappa shape index (κ1) is 26.3. The Bertz CT molecular complexity index is 1130. The maximum Gasteiger partial charge on any atom is 0.244 e. The number of nitrogens with one attached hydrogen (secondary N) is 1. The number of likely N-dealkylation sites (N-methyl/N-ethyl adjacent to an activating group) is 1. The molecule has 0 aliphatic heterocycles. The minimum atomic E-state index is -3.81. The average Bonchev–Trinajstić information content (AvgIpc) is 2.71. The number of amides is 2. The van der Waals surface area contributed by atoms with Crippen molar-refractivity contribution in [1.29, 1.82) is 0 Å². The van der Waals surface area contributed by atoms with E-state index in [1.54, 1.807) is 44.2 Å². The Morgan fingerprint density at radius 3 is 2.25 bits per heavy atom. The average molecular weight is 521 g/mol. The van der Waals surface area contributed by atoms with Gasteiger partial charge in [-0.05, 0) is 55.3 Å². The van der Waals surface area contributed by atoms with E-state index in [-0.39, 0.29) is 6.54 Å². The molecule has 7 nitrogen and oxygen atoms in total. The van der Waals surface area contributed by atoms with Gasteiger partial charge in [0, 0.05) is 18.6 Å². The van der Waals surface area contributed by atoms with Gasteiger partial charge in [0.1, 0.15) is 12.6 Å². The first-order chi connectivity index (χ1) is 14.8. The fourth-order valence-electron chi connectivity index (χ4n) is 3.12. The number of halogens is 3. The van der Waals surface area contributed by atoms with Crippen LogP contribution in [0.15, 0.2) is 36.4 Å². The van der Waals surface area contributed by atoms with E-state index in [1.807, 2.05) is 0 Å². The second-order valence-corrected chi connectivity index (χ2v) is 10.4. The maximum absolute atomic E-state index is 13.3. The smallest absolute Gasteiger partial charge is 0.244 e. The van der Waals surface area contributed by atoms with Crippen molar-refractivity contribution in [2.75, 3.05) is 24.2 Å². The lowest BCUT2D eigenvalue weighted by Gasteiger charge is -2.31. The number of aryl methyl sites for hydroxylation is 1. The SMILES string of the molecule is CNC(=O)[C@@H](C)N(Cc1ccc(Cl)c(Cl)c1)C(=O)CN(c1ccc(Cl)cc1C)S(C)(=O)=O. The molecule has 32 heavy (non-hydrogen) atoms. The molecule has 11 heteroatoms. The maximum atomic E-state index is 13.3.